The highest BCUT2D eigenvalue weighted by atomic mass is 19.4. The van der Waals surface area contributed by atoms with Crippen molar-refractivity contribution in [3.05, 3.63) is 59.4 Å². The quantitative estimate of drug-likeness (QED) is 0.551. The average Bonchev–Trinajstić information content (AvgIpc) is 2.71. The summed E-state index contributed by atoms with van der Waals surface area (Å²) in [6.45, 7) is 0.286. The minimum absolute atomic E-state index is 0.133. The molecule has 0 saturated heterocycles. The average molecular weight is 427 g/mol. The maximum atomic E-state index is 13.9. The molecule has 9 heteroatoms. The molecule has 1 heterocycles. The number of halogens is 5. The van der Waals surface area contributed by atoms with Gasteiger partial charge in [-0.3, -0.25) is 4.79 Å². The van der Waals surface area contributed by atoms with Gasteiger partial charge in [-0.25, -0.2) is 9.37 Å². The van der Waals surface area contributed by atoms with Crippen LogP contribution in [0.3, 0.4) is 0 Å². The first-order valence-electron chi connectivity index (χ1n) is 9.64. The van der Waals surface area contributed by atoms with Gasteiger partial charge in [0, 0.05) is 31.4 Å². The van der Waals surface area contributed by atoms with Crippen LogP contribution in [0.4, 0.5) is 27.6 Å². The van der Waals surface area contributed by atoms with E-state index in [1.807, 2.05) is 11.9 Å². The third kappa shape index (κ3) is 5.25. The Hall–Kier alpha value is -2.71. The van der Waals surface area contributed by atoms with Crippen molar-refractivity contribution in [1.29, 1.82) is 0 Å². The predicted octanol–water partition coefficient (Wildman–Crippen LogP) is 4.80. The van der Waals surface area contributed by atoms with E-state index in [1.165, 1.54) is 6.20 Å². The van der Waals surface area contributed by atoms with Crippen LogP contribution in [0, 0.1) is 17.7 Å². The number of amides is 1. The highest BCUT2D eigenvalue weighted by molar-refractivity contribution is 5.94. The third-order valence-corrected chi connectivity index (χ3v) is 5.52. The van der Waals surface area contributed by atoms with E-state index in [1.54, 1.807) is 12.1 Å². The Morgan fingerprint density at radius 3 is 2.50 bits per heavy atom. The van der Waals surface area contributed by atoms with E-state index in [0.29, 0.717) is 17.8 Å². The molecule has 4 nitrogen and oxygen atoms in total. The number of hydrogen-bond donors (Lipinski definition) is 1. The van der Waals surface area contributed by atoms with Crippen molar-refractivity contribution in [1.82, 2.24) is 10.3 Å². The fourth-order valence-electron chi connectivity index (χ4n) is 3.80. The highest BCUT2D eigenvalue weighted by Gasteiger charge is 2.32. The zero-order chi connectivity index (χ0) is 21.9. The Labute approximate surface area is 171 Å². The number of carbonyl (C=O) groups is 1. The second-order valence-corrected chi connectivity index (χ2v) is 7.54. The molecule has 3 rings (SSSR count). The minimum atomic E-state index is -4.73. The molecule has 1 aromatic heterocycles. The number of aromatic nitrogens is 1. The number of anilines is 1. The number of hydrogen-bond acceptors (Lipinski definition) is 3. The highest BCUT2D eigenvalue weighted by Crippen LogP contribution is 2.31. The number of carbonyl (C=O) groups excluding carboxylic acids is 1. The van der Waals surface area contributed by atoms with Gasteiger partial charge < -0.3 is 10.2 Å². The van der Waals surface area contributed by atoms with Crippen molar-refractivity contribution in [2.45, 2.75) is 37.9 Å². The summed E-state index contributed by atoms with van der Waals surface area (Å²) in [5, 5.41) is 2.60. The van der Waals surface area contributed by atoms with Crippen molar-refractivity contribution >= 4 is 11.6 Å². The fourth-order valence-corrected chi connectivity index (χ4v) is 3.80. The summed E-state index contributed by atoms with van der Waals surface area (Å²) in [7, 11) is 1.81. The molecular formula is C21H22F5N3O. The maximum Gasteiger partial charge on any atom is 0.416 e. The first-order valence-corrected chi connectivity index (χ1v) is 9.64. The Morgan fingerprint density at radius 1 is 1.17 bits per heavy atom. The standard InChI is InChI=1S/C21H22F5N3O/c1-29(18-3-2-8-27-19(18)23)17-6-4-13(5-7-17)12-28-20(30)14-9-15(21(24,25)26)11-16(22)10-14/h2-3,8-11,13,17H,4-7,12H2,1H3,(H,28,30). The van der Waals surface area contributed by atoms with E-state index in [9.17, 15) is 26.7 Å². The van der Waals surface area contributed by atoms with Crippen molar-refractivity contribution in [2.24, 2.45) is 5.92 Å². The summed E-state index contributed by atoms with van der Waals surface area (Å²) in [4.78, 5) is 17.7. The molecule has 1 aliphatic rings. The largest absolute Gasteiger partial charge is 0.416 e. The Bertz CT molecular complexity index is 894. The van der Waals surface area contributed by atoms with Gasteiger partial charge in [-0.15, -0.1) is 0 Å². The van der Waals surface area contributed by atoms with E-state index in [2.05, 4.69) is 10.3 Å². The van der Waals surface area contributed by atoms with Gasteiger partial charge in [0.15, 0.2) is 0 Å². The number of rotatable bonds is 5. The van der Waals surface area contributed by atoms with Crippen molar-refractivity contribution < 1.29 is 26.7 Å². The fraction of sp³-hybridized carbons (Fsp3) is 0.429. The third-order valence-electron chi connectivity index (χ3n) is 5.52. The van der Waals surface area contributed by atoms with Gasteiger partial charge in [0.1, 0.15) is 5.82 Å². The molecule has 0 bridgehead atoms. The second-order valence-electron chi connectivity index (χ2n) is 7.54. The van der Waals surface area contributed by atoms with Crippen LogP contribution in [-0.4, -0.2) is 30.5 Å². The molecule has 0 unspecified atom stereocenters. The molecule has 0 atom stereocenters. The predicted molar refractivity (Wildman–Crippen MR) is 102 cm³/mol. The summed E-state index contributed by atoms with van der Waals surface area (Å²) in [6, 6.07) is 5.27. The molecule has 1 amide bonds. The number of benzene rings is 1. The van der Waals surface area contributed by atoms with Crippen molar-refractivity contribution in [2.75, 3.05) is 18.5 Å². The van der Waals surface area contributed by atoms with E-state index in [-0.39, 0.29) is 24.1 Å². The molecule has 2 aromatic rings. The first kappa shape index (κ1) is 22.0. The van der Waals surface area contributed by atoms with Gasteiger partial charge in [-0.1, -0.05) is 0 Å². The molecule has 1 saturated carbocycles. The lowest BCUT2D eigenvalue weighted by atomic mass is 9.85. The molecular weight excluding hydrogens is 405 g/mol. The van der Waals surface area contributed by atoms with E-state index >= 15 is 0 Å². The van der Waals surface area contributed by atoms with Crippen LogP contribution >= 0.6 is 0 Å². The molecule has 0 radical (unpaired) electrons. The van der Waals surface area contributed by atoms with Crippen LogP contribution in [0.1, 0.15) is 41.6 Å². The number of pyridine rings is 1. The number of alkyl halides is 3. The molecule has 162 valence electrons. The van der Waals surface area contributed by atoms with Crippen LogP contribution in [0.5, 0.6) is 0 Å². The van der Waals surface area contributed by atoms with Crippen LogP contribution < -0.4 is 10.2 Å². The lowest BCUT2D eigenvalue weighted by molar-refractivity contribution is -0.137. The smallest absolute Gasteiger partial charge is 0.368 e. The summed E-state index contributed by atoms with van der Waals surface area (Å²) >= 11 is 0. The zero-order valence-corrected chi connectivity index (χ0v) is 16.3. The molecule has 1 aromatic carbocycles. The van der Waals surface area contributed by atoms with Crippen LogP contribution in [0.15, 0.2) is 36.5 Å². The number of nitrogens with one attached hydrogen (secondary N) is 1. The molecule has 0 spiro atoms. The summed E-state index contributed by atoms with van der Waals surface area (Å²) < 4.78 is 65.8. The Morgan fingerprint density at radius 2 is 1.87 bits per heavy atom. The van der Waals surface area contributed by atoms with Crippen molar-refractivity contribution in [3.63, 3.8) is 0 Å². The SMILES string of the molecule is CN(c1cccnc1F)C1CCC(CNC(=O)c2cc(F)cc(C(F)(F)F)c2)CC1. The van der Waals surface area contributed by atoms with Gasteiger partial charge in [0.25, 0.3) is 5.91 Å². The van der Waals surface area contributed by atoms with Gasteiger partial charge in [-0.2, -0.15) is 17.6 Å². The lowest BCUT2D eigenvalue weighted by Gasteiger charge is -2.36. The monoisotopic (exact) mass is 427 g/mol. The maximum absolute atomic E-state index is 13.9. The lowest BCUT2D eigenvalue weighted by Crippen LogP contribution is -2.38. The van der Waals surface area contributed by atoms with Crippen LogP contribution in [-0.2, 0) is 6.18 Å². The second kappa shape index (κ2) is 8.97. The molecule has 1 aliphatic carbocycles. The van der Waals surface area contributed by atoms with Crippen LogP contribution in [0.2, 0.25) is 0 Å². The minimum Gasteiger partial charge on any atom is -0.368 e. The van der Waals surface area contributed by atoms with Gasteiger partial charge in [-0.05, 0) is 61.9 Å². The normalized spacial score (nSPS) is 19.4. The zero-order valence-electron chi connectivity index (χ0n) is 16.3. The first-order chi connectivity index (χ1) is 14.1. The Kier molecular flexibility index (Phi) is 6.58. The van der Waals surface area contributed by atoms with Gasteiger partial charge >= 0.3 is 6.18 Å². The summed E-state index contributed by atoms with van der Waals surface area (Å²) in [5.74, 6) is -2.23. The van der Waals surface area contributed by atoms with E-state index in [0.717, 1.165) is 31.7 Å². The molecule has 30 heavy (non-hydrogen) atoms. The molecule has 1 fully saturated rings. The van der Waals surface area contributed by atoms with Gasteiger partial charge in [0.05, 0.1) is 11.3 Å². The van der Waals surface area contributed by atoms with Crippen molar-refractivity contribution in [3.8, 4) is 0 Å². The molecule has 1 N–H and O–H groups in total. The molecule has 0 aliphatic heterocycles. The van der Waals surface area contributed by atoms with E-state index < -0.39 is 29.4 Å². The number of nitrogens with zero attached hydrogens (tertiary/aromatic N) is 2. The summed E-state index contributed by atoms with van der Waals surface area (Å²) in [6.07, 6.45) is -0.229. The summed E-state index contributed by atoms with van der Waals surface area (Å²) in [5.41, 5.74) is -1.12. The van der Waals surface area contributed by atoms with E-state index in [4.69, 9.17) is 0 Å². The van der Waals surface area contributed by atoms with Gasteiger partial charge in [0.2, 0.25) is 5.95 Å². The topological polar surface area (TPSA) is 45.2 Å². The Balaban J connectivity index is 1.53. The van der Waals surface area contributed by atoms with Crippen LogP contribution in [0.25, 0.3) is 0 Å².